The molecule has 0 aromatic carbocycles. The van der Waals surface area contributed by atoms with Gasteiger partial charge in [0.15, 0.2) is 0 Å². The minimum absolute atomic E-state index is 0.183. The summed E-state index contributed by atoms with van der Waals surface area (Å²) in [6.07, 6.45) is 3.01. The van der Waals surface area contributed by atoms with Gasteiger partial charge in [0.2, 0.25) is 10.0 Å². The molecule has 0 radical (unpaired) electrons. The average Bonchev–Trinajstić information content (AvgIpc) is 2.29. The van der Waals surface area contributed by atoms with Gasteiger partial charge < -0.3 is 0 Å². The second kappa shape index (κ2) is 4.73. The van der Waals surface area contributed by atoms with Crippen molar-refractivity contribution in [2.24, 2.45) is 0 Å². The van der Waals surface area contributed by atoms with E-state index < -0.39 is 10.0 Å². The summed E-state index contributed by atoms with van der Waals surface area (Å²) in [5.74, 6) is 0.623. The maximum atomic E-state index is 11.6. The van der Waals surface area contributed by atoms with Crippen molar-refractivity contribution in [2.45, 2.75) is 24.2 Å². The highest BCUT2D eigenvalue weighted by atomic mass is 32.2. The predicted molar refractivity (Wildman–Crippen MR) is 67.4 cm³/mol. The number of sulfonamides is 1. The standard InChI is InChI=1S/C10H16N2O2S2/c1-10(2,7-15)8-4-9(6-12-5-8)16(13,14)11-3/h4-6,11,15H,7H2,1-3H3. The molecule has 1 N–H and O–H groups in total. The molecule has 0 atom stereocenters. The lowest BCUT2D eigenvalue weighted by molar-refractivity contribution is 0.582. The van der Waals surface area contributed by atoms with Crippen LogP contribution in [0.4, 0.5) is 0 Å². The normalized spacial score (nSPS) is 12.8. The van der Waals surface area contributed by atoms with Gasteiger partial charge in [0, 0.05) is 17.8 Å². The largest absolute Gasteiger partial charge is 0.263 e. The lowest BCUT2D eigenvalue weighted by atomic mass is 9.88. The molecule has 0 spiro atoms. The van der Waals surface area contributed by atoms with Crippen LogP contribution in [-0.2, 0) is 15.4 Å². The monoisotopic (exact) mass is 260 g/mol. The highest BCUT2D eigenvalue weighted by Gasteiger charge is 2.21. The van der Waals surface area contributed by atoms with Crippen molar-refractivity contribution in [3.05, 3.63) is 24.0 Å². The maximum absolute atomic E-state index is 11.6. The van der Waals surface area contributed by atoms with Crippen molar-refractivity contribution in [1.82, 2.24) is 9.71 Å². The Labute approximate surface area is 102 Å². The quantitative estimate of drug-likeness (QED) is 0.800. The number of hydrogen-bond acceptors (Lipinski definition) is 4. The van der Waals surface area contributed by atoms with Crippen molar-refractivity contribution in [2.75, 3.05) is 12.8 Å². The first-order valence-corrected chi connectivity index (χ1v) is 6.95. The number of pyridine rings is 1. The number of thiol groups is 1. The van der Waals surface area contributed by atoms with E-state index >= 15 is 0 Å². The van der Waals surface area contributed by atoms with Crippen LogP contribution in [0.1, 0.15) is 19.4 Å². The summed E-state index contributed by atoms with van der Waals surface area (Å²) in [5.41, 5.74) is 0.661. The molecular weight excluding hydrogens is 244 g/mol. The van der Waals surface area contributed by atoms with Gasteiger partial charge in [0.05, 0.1) is 0 Å². The molecule has 0 aliphatic rings. The Balaban J connectivity index is 3.25. The van der Waals surface area contributed by atoms with Crippen LogP contribution in [0.15, 0.2) is 23.4 Å². The van der Waals surface area contributed by atoms with Crippen LogP contribution in [0.3, 0.4) is 0 Å². The Morgan fingerprint density at radius 1 is 1.44 bits per heavy atom. The van der Waals surface area contributed by atoms with Gasteiger partial charge in [-0.1, -0.05) is 13.8 Å². The fourth-order valence-corrected chi connectivity index (χ4v) is 2.05. The fourth-order valence-electron chi connectivity index (χ4n) is 1.15. The molecule has 0 aliphatic heterocycles. The SMILES string of the molecule is CNS(=O)(=O)c1cncc(C(C)(C)CS)c1. The predicted octanol–water partition coefficient (Wildman–Crippen LogP) is 1.20. The first-order valence-electron chi connectivity index (χ1n) is 4.83. The molecule has 16 heavy (non-hydrogen) atoms. The van der Waals surface area contributed by atoms with Gasteiger partial charge in [-0.25, -0.2) is 13.1 Å². The van der Waals surface area contributed by atoms with E-state index in [0.29, 0.717) is 5.75 Å². The molecule has 6 heteroatoms. The molecule has 0 bridgehead atoms. The highest BCUT2D eigenvalue weighted by Crippen LogP contribution is 2.25. The number of hydrogen-bond donors (Lipinski definition) is 2. The van der Waals surface area contributed by atoms with Gasteiger partial charge in [-0.15, -0.1) is 0 Å². The van der Waals surface area contributed by atoms with Crippen molar-refractivity contribution in [1.29, 1.82) is 0 Å². The Bertz CT molecular complexity index is 469. The zero-order valence-electron chi connectivity index (χ0n) is 9.56. The van der Waals surface area contributed by atoms with Crippen molar-refractivity contribution in [3.8, 4) is 0 Å². The van der Waals surface area contributed by atoms with Crippen LogP contribution in [0.5, 0.6) is 0 Å². The highest BCUT2D eigenvalue weighted by molar-refractivity contribution is 7.89. The molecule has 0 unspecified atom stereocenters. The molecule has 0 saturated carbocycles. The number of aromatic nitrogens is 1. The van der Waals surface area contributed by atoms with E-state index in [0.717, 1.165) is 5.56 Å². The molecule has 1 aromatic rings. The zero-order valence-corrected chi connectivity index (χ0v) is 11.3. The van der Waals surface area contributed by atoms with Crippen molar-refractivity contribution >= 4 is 22.7 Å². The zero-order chi connectivity index (χ0) is 12.4. The molecule has 90 valence electrons. The van der Waals surface area contributed by atoms with Gasteiger partial charge in [-0.05, 0) is 24.4 Å². The van der Waals surface area contributed by atoms with Gasteiger partial charge in [0.1, 0.15) is 4.90 Å². The van der Waals surface area contributed by atoms with E-state index in [-0.39, 0.29) is 10.3 Å². The molecule has 1 rings (SSSR count). The lowest BCUT2D eigenvalue weighted by Crippen LogP contribution is -2.22. The van der Waals surface area contributed by atoms with E-state index in [1.807, 2.05) is 13.8 Å². The smallest absolute Gasteiger partial charge is 0.241 e. The van der Waals surface area contributed by atoms with Gasteiger partial charge in [-0.3, -0.25) is 4.98 Å². The summed E-state index contributed by atoms with van der Waals surface area (Å²) in [5, 5.41) is 0. The van der Waals surface area contributed by atoms with E-state index in [1.54, 1.807) is 12.3 Å². The summed E-state index contributed by atoms with van der Waals surface area (Å²) >= 11 is 4.25. The third-order valence-corrected chi connectivity index (χ3v) is 4.64. The summed E-state index contributed by atoms with van der Waals surface area (Å²) < 4.78 is 25.5. The van der Waals surface area contributed by atoms with Crippen molar-refractivity contribution < 1.29 is 8.42 Å². The minimum Gasteiger partial charge on any atom is -0.263 e. The van der Waals surface area contributed by atoms with Gasteiger partial charge in [-0.2, -0.15) is 12.6 Å². The van der Waals surface area contributed by atoms with Crippen LogP contribution in [-0.4, -0.2) is 26.2 Å². The van der Waals surface area contributed by atoms with Crippen LogP contribution in [0, 0.1) is 0 Å². The van der Waals surface area contributed by atoms with Crippen LogP contribution in [0.2, 0.25) is 0 Å². The summed E-state index contributed by atoms with van der Waals surface area (Å²) in [6, 6.07) is 1.63. The minimum atomic E-state index is -3.43. The first kappa shape index (κ1) is 13.5. The first-order chi connectivity index (χ1) is 7.33. The molecule has 0 fully saturated rings. The molecule has 0 amide bonds. The Hall–Kier alpha value is -0.590. The Kier molecular flexibility index (Phi) is 3.98. The number of rotatable bonds is 4. The molecule has 0 saturated heterocycles. The second-order valence-electron chi connectivity index (χ2n) is 4.16. The van der Waals surface area contributed by atoms with Crippen LogP contribution >= 0.6 is 12.6 Å². The Morgan fingerprint density at radius 2 is 2.06 bits per heavy atom. The third kappa shape index (κ3) is 2.75. The third-order valence-electron chi connectivity index (χ3n) is 2.47. The average molecular weight is 260 g/mol. The Morgan fingerprint density at radius 3 is 2.56 bits per heavy atom. The van der Waals surface area contributed by atoms with Crippen molar-refractivity contribution in [3.63, 3.8) is 0 Å². The number of nitrogens with zero attached hydrogens (tertiary/aromatic N) is 1. The fraction of sp³-hybridized carbons (Fsp3) is 0.500. The van der Waals surface area contributed by atoms with Crippen LogP contribution in [0.25, 0.3) is 0 Å². The molecular formula is C10H16N2O2S2. The summed E-state index contributed by atoms with van der Waals surface area (Å²) in [7, 11) is -2.05. The van der Waals surface area contributed by atoms with Crippen LogP contribution < -0.4 is 4.72 Å². The van der Waals surface area contributed by atoms with Gasteiger partial charge in [0.25, 0.3) is 0 Å². The van der Waals surface area contributed by atoms with E-state index in [9.17, 15) is 8.42 Å². The molecule has 0 aliphatic carbocycles. The van der Waals surface area contributed by atoms with E-state index in [4.69, 9.17) is 0 Å². The molecule has 4 nitrogen and oxygen atoms in total. The second-order valence-corrected chi connectivity index (χ2v) is 6.36. The summed E-state index contributed by atoms with van der Waals surface area (Å²) in [6.45, 7) is 3.99. The van der Waals surface area contributed by atoms with E-state index in [1.165, 1.54) is 13.2 Å². The molecule has 1 aromatic heterocycles. The number of nitrogens with one attached hydrogen (secondary N) is 1. The molecule has 1 heterocycles. The lowest BCUT2D eigenvalue weighted by Gasteiger charge is -2.22. The van der Waals surface area contributed by atoms with Gasteiger partial charge >= 0.3 is 0 Å². The van der Waals surface area contributed by atoms with E-state index in [2.05, 4.69) is 22.3 Å². The maximum Gasteiger partial charge on any atom is 0.241 e. The topological polar surface area (TPSA) is 59.1 Å². The summed E-state index contributed by atoms with van der Waals surface area (Å²) in [4.78, 5) is 4.14.